The molecule has 0 aliphatic heterocycles. The quantitative estimate of drug-likeness (QED) is 0.541. The van der Waals surface area contributed by atoms with Crippen molar-refractivity contribution in [3.05, 3.63) is 47.5 Å². The molecule has 1 aromatic carbocycles. The number of carbonyl (C=O) groups excluding carboxylic acids is 2. The van der Waals surface area contributed by atoms with Gasteiger partial charge in [-0.1, -0.05) is 50.1 Å². The second-order valence-electron chi connectivity index (χ2n) is 5.26. The minimum atomic E-state index is -2.59. The number of unbranched alkanes of at least 4 members (excludes halogenated alkanes) is 2. The number of nitrogens with two attached hydrogens (primary N) is 1. The molecule has 6 heteroatoms. The van der Waals surface area contributed by atoms with Gasteiger partial charge in [-0.3, -0.25) is 9.59 Å². The number of rotatable bonds is 9. The van der Waals surface area contributed by atoms with Crippen molar-refractivity contribution in [3.8, 4) is 0 Å². The molecule has 23 heavy (non-hydrogen) atoms. The Morgan fingerprint density at radius 3 is 2.70 bits per heavy atom. The van der Waals surface area contributed by atoms with Crippen LogP contribution in [0.3, 0.4) is 0 Å². The van der Waals surface area contributed by atoms with Gasteiger partial charge < -0.3 is 11.1 Å². The third kappa shape index (κ3) is 7.04. The molecule has 4 nitrogen and oxygen atoms in total. The van der Waals surface area contributed by atoms with E-state index >= 15 is 0 Å². The van der Waals surface area contributed by atoms with Gasteiger partial charge >= 0.3 is 0 Å². The molecule has 0 bridgehead atoms. The highest BCUT2D eigenvalue weighted by Gasteiger charge is 2.18. The number of hydrogen-bond donors (Lipinski definition) is 2. The monoisotopic (exact) mass is 324 g/mol. The highest BCUT2D eigenvalue weighted by atomic mass is 19.3. The van der Waals surface area contributed by atoms with Crippen molar-refractivity contribution in [2.24, 2.45) is 5.73 Å². The fourth-order valence-electron chi connectivity index (χ4n) is 2.05. The van der Waals surface area contributed by atoms with E-state index in [4.69, 9.17) is 5.73 Å². The molecule has 1 atom stereocenters. The molecule has 0 spiro atoms. The number of alkyl halides is 2. The van der Waals surface area contributed by atoms with Gasteiger partial charge in [-0.25, -0.2) is 8.78 Å². The summed E-state index contributed by atoms with van der Waals surface area (Å²) in [4.78, 5) is 23.2. The Labute approximate surface area is 134 Å². The minimum Gasteiger partial charge on any atom is -0.368 e. The van der Waals surface area contributed by atoms with E-state index in [0.717, 1.165) is 19.3 Å². The van der Waals surface area contributed by atoms with E-state index in [2.05, 4.69) is 5.32 Å². The van der Waals surface area contributed by atoms with E-state index in [1.807, 2.05) is 6.92 Å². The first-order valence-corrected chi connectivity index (χ1v) is 7.57. The smallest absolute Gasteiger partial charge is 0.263 e. The summed E-state index contributed by atoms with van der Waals surface area (Å²) < 4.78 is 25.4. The number of halogens is 2. The zero-order valence-corrected chi connectivity index (χ0v) is 13.1. The van der Waals surface area contributed by atoms with Crippen molar-refractivity contribution < 1.29 is 18.4 Å². The van der Waals surface area contributed by atoms with Gasteiger partial charge in [-0.15, -0.1) is 0 Å². The van der Waals surface area contributed by atoms with Crippen LogP contribution in [0.25, 0.3) is 0 Å². The Morgan fingerprint density at radius 2 is 2.09 bits per heavy atom. The first kappa shape index (κ1) is 18.8. The normalized spacial score (nSPS) is 12.5. The lowest BCUT2D eigenvalue weighted by molar-refractivity contribution is -0.124. The lowest BCUT2D eigenvalue weighted by Gasteiger charge is -2.15. The summed E-state index contributed by atoms with van der Waals surface area (Å²) in [7, 11) is 0. The van der Waals surface area contributed by atoms with Gasteiger partial charge in [0.2, 0.25) is 11.8 Å². The molecular formula is C17H22F2N2O2. The standard InChI is InChI=1S/C17H22F2N2O2/c1-2-3-4-5-9-15(22)21-14(17(20)23)11-12-7-6-8-13(10-12)16(18)19/h5-10,14,16H,2-4,11H2,1H3,(H2,20,23)(H,21,22)/b9-5+/t14-/m0/s1. The Kier molecular flexibility index (Phi) is 7.94. The highest BCUT2D eigenvalue weighted by molar-refractivity contribution is 5.92. The molecule has 0 fully saturated rings. The van der Waals surface area contributed by atoms with Gasteiger partial charge in [0.15, 0.2) is 0 Å². The predicted octanol–water partition coefficient (Wildman–Crippen LogP) is 2.88. The van der Waals surface area contributed by atoms with Crippen LogP contribution in [-0.2, 0) is 16.0 Å². The summed E-state index contributed by atoms with van der Waals surface area (Å²) in [6.45, 7) is 2.05. The number of amides is 2. The van der Waals surface area contributed by atoms with Crippen LogP contribution in [0.4, 0.5) is 8.78 Å². The third-order valence-corrected chi connectivity index (χ3v) is 3.30. The van der Waals surface area contributed by atoms with Crippen molar-refractivity contribution in [3.63, 3.8) is 0 Å². The van der Waals surface area contributed by atoms with Crippen molar-refractivity contribution in [2.45, 2.75) is 45.1 Å². The van der Waals surface area contributed by atoms with Crippen LogP contribution in [0.15, 0.2) is 36.4 Å². The average Bonchev–Trinajstić information content (AvgIpc) is 2.51. The fourth-order valence-corrected chi connectivity index (χ4v) is 2.05. The van der Waals surface area contributed by atoms with E-state index in [9.17, 15) is 18.4 Å². The van der Waals surface area contributed by atoms with Gasteiger partial charge in [-0.2, -0.15) is 0 Å². The summed E-state index contributed by atoms with van der Waals surface area (Å²) in [5.41, 5.74) is 5.67. The molecule has 3 N–H and O–H groups in total. The number of nitrogens with one attached hydrogen (secondary N) is 1. The summed E-state index contributed by atoms with van der Waals surface area (Å²) in [5.74, 6) is -1.13. The molecule has 0 saturated carbocycles. The first-order chi connectivity index (χ1) is 10.9. The van der Waals surface area contributed by atoms with Crippen LogP contribution >= 0.6 is 0 Å². The van der Waals surface area contributed by atoms with Gasteiger partial charge in [0.25, 0.3) is 6.43 Å². The summed E-state index contributed by atoms with van der Waals surface area (Å²) >= 11 is 0. The zero-order valence-electron chi connectivity index (χ0n) is 13.1. The molecule has 0 saturated heterocycles. The Bertz CT molecular complexity index is 559. The molecule has 0 unspecified atom stereocenters. The van der Waals surface area contributed by atoms with Crippen molar-refractivity contribution in [2.75, 3.05) is 0 Å². The number of benzene rings is 1. The van der Waals surface area contributed by atoms with E-state index in [1.54, 1.807) is 12.1 Å². The molecule has 0 aromatic heterocycles. The lowest BCUT2D eigenvalue weighted by Crippen LogP contribution is -2.45. The molecule has 1 rings (SSSR count). The first-order valence-electron chi connectivity index (χ1n) is 7.57. The van der Waals surface area contributed by atoms with Crippen molar-refractivity contribution in [1.82, 2.24) is 5.32 Å². The van der Waals surface area contributed by atoms with Crippen LogP contribution in [0.1, 0.15) is 43.7 Å². The van der Waals surface area contributed by atoms with Crippen LogP contribution in [0, 0.1) is 0 Å². The third-order valence-electron chi connectivity index (χ3n) is 3.30. The maximum Gasteiger partial charge on any atom is 0.263 e. The minimum absolute atomic E-state index is 0.0738. The maximum absolute atomic E-state index is 12.7. The van der Waals surface area contributed by atoms with Crippen LogP contribution < -0.4 is 11.1 Å². The average molecular weight is 324 g/mol. The van der Waals surface area contributed by atoms with Crippen molar-refractivity contribution in [1.29, 1.82) is 0 Å². The van der Waals surface area contributed by atoms with E-state index in [0.29, 0.717) is 5.56 Å². The number of allylic oxidation sites excluding steroid dienone is 1. The van der Waals surface area contributed by atoms with Crippen LogP contribution in [0.2, 0.25) is 0 Å². The number of hydrogen-bond acceptors (Lipinski definition) is 2. The van der Waals surface area contributed by atoms with Gasteiger partial charge in [0.05, 0.1) is 0 Å². The molecule has 0 radical (unpaired) electrons. The van der Waals surface area contributed by atoms with Gasteiger partial charge in [0, 0.05) is 12.0 Å². The van der Waals surface area contributed by atoms with Crippen molar-refractivity contribution >= 4 is 11.8 Å². The van der Waals surface area contributed by atoms with E-state index < -0.39 is 24.3 Å². The lowest BCUT2D eigenvalue weighted by atomic mass is 10.0. The maximum atomic E-state index is 12.7. The van der Waals surface area contributed by atoms with E-state index in [1.165, 1.54) is 24.3 Å². The summed E-state index contributed by atoms with van der Waals surface area (Å²) in [6.07, 6.45) is 3.36. The molecule has 0 heterocycles. The SMILES string of the molecule is CCCC/C=C/C(=O)N[C@@H](Cc1cccc(C(F)F)c1)C(N)=O. The summed E-state index contributed by atoms with van der Waals surface area (Å²) in [6, 6.07) is 4.78. The predicted molar refractivity (Wildman–Crippen MR) is 84.9 cm³/mol. The van der Waals surface area contributed by atoms with Gasteiger partial charge in [-0.05, 0) is 18.1 Å². The molecule has 2 amide bonds. The summed E-state index contributed by atoms with van der Waals surface area (Å²) in [5, 5.41) is 2.50. The Morgan fingerprint density at radius 1 is 1.35 bits per heavy atom. The molecule has 126 valence electrons. The number of carbonyl (C=O) groups is 2. The van der Waals surface area contributed by atoms with Crippen LogP contribution in [-0.4, -0.2) is 17.9 Å². The highest BCUT2D eigenvalue weighted by Crippen LogP contribution is 2.20. The second kappa shape index (κ2) is 9.71. The molecule has 0 aliphatic rings. The second-order valence-corrected chi connectivity index (χ2v) is 5.26. The van der Waals surface area contributed by atoms with E-state index in [-0.39, 0.29) is 12.0 Å². The topological polar surface area (TPSA) is 72.2 Å². The Hall–Kier alpha value is -2.24. The molecule has 0 aliphatic carbocycles. The zero-order chi connectivity index (χ0) is 17.2. The van der Waals surface area contributed by atoms with Gasteiger partial charge in [0.1, 0.15) is 6.04 Å². The fraction of sp³-hybridized carbons (Fsp3) is 0.412. The Balaban J connectivity index is 2.68. The number of primary amides is 1. The molecular weight excluding hydrogens is 302 g/mol. The largest absolute Gasteiger partial charge is 0.368 e. The molecule has 1 aromatic rings. The van der Waals surface area contributed by atoms with Crippen LogP contribution in [0.5, 0.6) is 0 Å².